The first-order valence-corrected chi connectivity index (χ1v) is 7.28. The number of hydrogen-bond donors (Lipinski definition) is 0. The maximum absolute atomic E-state index is 2.36. The molecule has 0 aromatic heterocycles. The summed E-state index contributed by atoms with van der Waals surface area (Å²) in [5, 5.41) is 0. The Morgan fingerprint density at radius 2 is 1.40 bits per heavy atom. The number of allylic oxidation sites excluding steroid dienone is 4. The molecule has 2 aromatic rings. The van der Waals surface area contributed by atoms with Gasteiger partial charge < -0.3 is 0 Å². The zero-order valence-electron chi connectivity index (χ0n) is 12.1. The molecule has 0 radical (unpaired) electrons. The van der Waals surface area contributed by atoms with Crippen LogP contribution in [0.1, 0.15) is 25.8 Å². The molecule has 20 heavy (non-hydrogen) atoms. The molecule has 0 heterocycles. The smallest absolute Gasteiger partial charge is 0.0184 e. The van der Waals surface area contributed by atoms with Gasteiger partial charge in [0.15, 0.2) is 0 Å². The second kappa shape index (κ2) is 5.50. The highest BCUT2D eigenvalue weighted by molar-refractivity contribution is 5.77. The van der Waals surface area contributed by atoms with Gasteiger partial charge in [0, 0.05) is 0 Å². The van der Waals surface area contributed by atoms with E-state index in [1.54, 1.807) is 0 Å². The topological polar surface area (TPSA) is 0 Å². The summed E-state index contributed by atoms with van der Waals surface area (Å²) >= 11 is 0. The van der Waals surface area contributed by atoms with Crippen LogP contribution in [0.4, 0.5) is 0 Å². The van der Waals surface area contributed by atoms with E-state index in [0.29, 0.717) is 5.92 Å². The van der Waals surface area contributed by atoms with Crippen molar-refractivity contribution in [3.05, 3.63) is 77.9 Å². The molecule has 0 aliphatic heterocycles. The lowest BCUT2D eigenvalue weighted by Gasteiger charge is -2.17. The molecule has 1 unspecified atom stereocenters. The van der Waals surface area contributed by atoms with Gasteiger partial charge >= 0.3 is 0 Å². The third-order valence-electron chi connectivity index (χ3n) is 4.18. The van der Waals surface area contributed by atoms with E-state index >= 15 is 0 Å². The molecule has 2 aromatic carbocycles. The van der Waals surface area contributed by atoms with Gasteiger partial charge in [-0.05, 0) is 41.5 Å². The SMILES string of the molecule is CC1=CC(c2ccc(-c3ccccc3)cc2)=CCC1C. The summed E-state index contributed by atoms with van der Waals surface area (Å²) in [6, 6.07) is 19.4. The van der Waals surface area contributed by atoms with Crippen molar-refractivity contribution in [3.63, 3.8) is 0 Å². The standard InChI is InChI=1S/C20H20/c1-15-8-9-20(14-16(15)2)19-12-10-18(11-13-19)17-6-4-3-5-7-17/h3-7,9-15H,8H2,1-2H3. The van der Waals surface area contributed by atoms with Crippen LogP contribution in [0.25, 0.3) is 16.7 Å². The predicted octanol–water partition coefficient (Wildman–Crippen LogP) is 5.72. The zero-order valence-corrected chi connectivity index (χ0v) is 12.1. The second-order valence-corrected chi connectivity index (χ2v) is 5.63. The van der Waals surface area contributed by atoms with E-state index < -0.39 is 0 Å². The number of rotatable bonds is 2. The summed E-state index contributed by atoms with van der Waals surface area (Å²) in [5.41, 5.74) is 6.71. The minimum absolute atomic E-state index is 0.683. The fraction of sp³-hybridized carbons (Fsp3) is 0.200. The molecular formula is C20H20. The van der Waals surface area contributed by atoms with Crippen molar-refractivity contribution < 1.29 is 0 Å². The molecule has 0 bridgehead atoms. The summed E-state index contributed by atoms with van der Waals surface area (Å²) in [5.74, 6) is 0.683. The van der Waals surface area contributed by atoms with Crippen LogP contribution in [-0.2, 0) is 0 Å². The minimum atomic E-state index is 0.683. The lowest BCUT2D eigenvalue weighted by molar-refractivity contribution is 0.689. The van der Waals surface area contributed by atoms with Crippen LogP contribution >= 0.6 is 0 Å². The number of hydrogen-bond acceptors (Lipinski definition) is 0. The molecule has 0 saturated heterocycles. The van der Waals surface area contributed by atoms with Crippen LogP contribution in [0.15, 0.2) is 72.3 Å². The lowest BCUT2D eigenvalue weighted by atomic mass is 9.88. The van der Waals surface area contributed by atoms with Crippen molar-refractivity contribution in [3.8, 4) is 11.1 Å². The quantitative estimate of drug-likeness (QED) is 0.647. The van der Waals surface area contributed by atoms with Crippen molar-refractivity contribution in [2.45, 2.75) is 20.3 Å². The van der Waals surface area contributed by atoms with E-state index in [0.717, 1.165) is 6.42 Å². The first kappa shape index (κ1) is 12.9. The molecule has 100 valence electrons. The monoisotopic (exact) mass is 260 g/mol. The van der Waals surface area contributed by atoms with Crippen molar-refractivity contribution in [2.75, 3.05) is 0 Å². The Labute approximate surface area is 121 Å². The van der Waals surface area contributed by atoms with E-state index in [9.17, 15) is 0 Å². The van der Waals surface area contributed by atoms with Crippen LogP contribution in [0, 0.1) is 5.92 Å². The maximum Gasteiger partial charge on any atom is -0.0184 e. The molecule has 0 amide bonds. The predicted molar refractivity (Wildman–Crippen MR) is 87.4 cm³/mol. The molecule has 1 aliphatic rings. The maximum atomic E-state index is 2.36. The van der Waals surface area contributed by atoms with Crippen molar-refractivity contribution in [2.24, 2.45) is 5.92 Å². The molecule has 0 N–H and O–H groups in total. The molecule has 0 heteroatoms. The highest BCUT2D eigenvalue weighted by Crippen LogP contribution is 2.30. The molecule has 0 nitrogen and oxygen atoms in total. The fourth-order valence-corrected chi connectivity index (χ4v) is 2.62. The Bertz CT molecular complexity index is 642. The van der Waals surface area contributed by atoms with Gasteiger partial charge in [-0.1, -0.05) is 79.2 Å². The van der Waals surface area contributed by atoms with Crippen LogP contribution in [0.3, 0.4) is 0 Å². The first-order valence-electron chi connectivity index (χ1n) is 7.28. The van der Waals surface area contributed by atoms with Gasteiger partial charge in [0.2, 0.25) is 0 Å². The minimum Gasteiger partial charge on any atom is -0.0761 e. The van der Waals surface area contributed by atoms with Crippen LogP contribution < -0.4 is 0 Å². The van der Waals surface area contributed by atoms with E-state index in [2.05, 4.69) is 80.6 Å². The Kier molecular flexibility index (Phi) is 3.56. The van der Waals surface area contributed by atoms with E-state index in [-0.39, 0.29) is 0 Å². The van der Waals surface area contributed by atoms with E-state index in [1.165, 1.54) is 27.8 Å². The van der Waals surface area contributed by atoms with Gasteiger partial charge in [-0.2, -0.15) is 0 Å². The van der Waals surface area contributed by atoms with Crippen LogP contribution in [-0.4, -0.2) is 0 Å². The normalized spacial score (nSPS) is 18.4. The van der Waals surface area contributed by atoms with E-state index in [1.807, 2.05) is 0 Å². The van der Waals surface area contributed by atoms with Gasteiger partial charge in [-0.15, -0.1) is 0 Å². The lowest BCUT2D eigenvalue weighted by Crippen LogP contribution is -2.00. The van der Waals surface area contributed by atoms with Crippen LogP contribution in [0.2, 0.25) is 0 Å². The molecular weight excluding hydrogens is 240 g/mol. The summed E-state index contributed by atoms with van der Waals surface area (Å²) in [6.07, 6.45) is 5.83. The summed E-state index contributed by atoms with van der Waals surface area (Å²) in [6.45, 7) is 4.52. The molecule has 1 aliphatic carbocycles. The van der Waals surface area contributed by atoms with Crippen molar-refractivity contribution in [1.29, 1.82) is 0 Å². The summed E-state index contributed by atoms with van der Waals surface area (Å²) in [4.78, 5) is 0. The van der Waals surface area contributed by atoms with Gasteiger partial charge in [0.05, 0.1) is 0 Å². The van der Waals surface area contributed by atoms with Crippen LogP contribution in [0.5, 0.6) is 0 Å². The Balaban J connectivity index is 1.88. The zero-order chi connectivity index (χ0) is 13.9. The van der Waals surface area contributed by atoms with Gasteiger partial charge in [-0.3, -0.25) is 0 Å². The third-order valence-corrected chi connectivity index (χ3v) is 4.18. The van der Waals surface area contributed by atoms with Crippen molar-refractivity contribution in [1.82, 2.24) is 0 Å². The van der Waals surface area contributed by atoms with Gasteiger partial charge in [0.25, 0.3) is 0 Å². The Hall–Kier alpha value is -2.08. The summed E-state index contributed by atoms with van der Waals surface area (Å²) < 4.78 is 0. The van der Waals surface area contributed by atoms with E-state index in [4.69, 9.17) is 0 Å². The highest BCUT2D eigenvalue weighted by Gasteiger charge is 2.10. The largest absolute Gasteiger partial charge is 0.0761 e. The third kappa shape index (κ3) is 2.60. The highest BCUT2D eigenvalue weighted by atomic mass is 14.2. The molecule has 0 spiro atoms. The first-order chi connectivity index (χ1) is 9.74. The molecule has 1 atom stereocenters. The fourth-order valence-electron chi connectivity index (χ4n) is 2.62. The van der Waals surface area contributed by atoms with Crippen molar-refractivity contribution >= 4 is 5.57 Å². The Morgan fingerprint density at radius 3 is 2.05 bits per heavy atom. The summed E-state index contributed by atoms with van der Waals surface area (Å²) in [7, 11) is 0. The second-order valence-electron chi connectivity index (χ2n) is 5.63. The molecule has 0 saturated carbocycles. The van der Waals surface area contributed by atoms with Gasteiger partial charge in [-0.25, -0.2) is 0 Å². The Morgan fingerprint density at radius 1 is 0.800 bits per heavy atom. The number of benzene rings is 2. The average Bonchev–Trinajstić information content (AvgIpc) is 2.51. The average molecular weight is 260 g/mol. The molecule has 3 rings (SSSR count). The molecule has 0 fully saturated rings. The van der Waals surface area contributed by atoms with Gasteiger partial charge in [0.1, 0.15) is 0 Å².